The molecule has 92 valence electrons. The van der Waals surface area contributed by atoms with E-state index in [9.17, 15) is 14.2 Å². The minimum Gasteiger partial charge on any atom is -0.310 e. The van der Waals surface area contributed by atoms with Crippen LogP contribution in [0.25, 0.3) is 0 Å². The third-order valence-electron chi connectivity index (χ3n) is 2.33. The van der Waals surface area contributed by atoms with Gasteiger partial charge in [-0.2, -0.15) is 0 Å². The minimum absolute atomic E-state index is 0.259. The van der Waals surface area contributed by atoms with E-state index in [2.05, 4.69) is 4.98 Å². The predicted octanol–water partition coefficient (Wildman–Crippen LogP) is -0.307. The molecule has 1 saturated heterocycles. The number of hydrogen-bond donors (Lipinski definition) is 1. The van der Waals surface area contributed by atoms with Crippen LogP contribution < -0.4 is 11.2 Å². The first-order chi connectivity index (χ1) is 8.06. The van der Waals surface area contributed by atoms with Crippen LogP contribution in [0.3, 0.4) is 0 Å². The number of nitrogens with zero attached hydrogens (tertiary/aromatic N) is 1. The van der Waals surface area contributed by atoms with Crippen molar-refractivity contribution in [3.8, 4) is 0 Å². The Balaban J connectivity index is 2.05. The van der Waals surface area contributed by atoms with E-state index in [1.807, 2.05) is 0 Å². The lowest BCUT2D eigenvalue weighted by Crippen LogP contribution is -2.32. The number of nitrogens with one attached hydrogen (secondary N) is 1. The van der Waals surface area contributed by atoms with Crippen molar-refractivity contribution < 1.29 is 14.0 Å². The molecule has 1 aromatic heterocycles. The Hall–Kier alpha value is -1.30. The number of hydrogen-bond acceptors (Lipinski definition) is 5. The van der Waals surface area contributed by atoms with Crippen molar-refractivity contribution in [2.45, 2.75) is 18.7 Å². The smallest absolute Gasteiger partial charge is 0.310 e. The van der Waals surface area contributed by atoms with Crippen LogP contribution in [0.5, 0.6) is 0 Å². The Morgan fingerprint density at radius 2 is 2.35 bits per heavy atom. The van der Waals surface area contributed by atoms with Crippen molar-refractivity contribution in [3.63, 3.8) is 0 Å². The minimum atomic E-state index is -1.56. The van der Waals surface area contributed by atoms with Crippen LogP contribution in [0.1, 0.15) is 0 Å². The van der Waals surface area contributed by atoms with E-state index in [4.69, 9.17) is 9.47 Å². The predicted molar refractivity (Wildman–Crippen MR) is 59.5 cm³/mol. The van der Waals surface area contributed by atoms with Gasteiger partial charge in [0.05, 0.1) is 13.2 Å². The normalized spacial score (nSPS) is 24.9. The summed E-state index contributed by atoms with van der Waals surface area (Å²) in [4.78, 5) is 24.4. The van der Waals surface area contributed by atoms with Gasteiger partial charge in [-0.25, -0.2) is 4.79 Å². The van der Waals surface area contributed by atoms with Gasteiger partial charge in [-0.3, -0.25) is 14.3 Å². The zero-order valence-electron chi connectivity index (χ0n) is 9.16. The molecular formula is C9H12N2O5P+. The molecule has 0 radical (unpaired) electrons. The number of ether oxygens (including phenoxy) is 2. The Labute approximate surface area is 97.2 Å². The first-order valence-corrected chi connectivity index (χ1v) is 6.80. The van der Waals surface area contributed by atoms with Crippen molar-refractivity contribution >= 4 is 7.80 Å². The molecule has 1 aliphatic rings. The van der Waals surface area contributed by atoms with Crippen molar-refractivity contribution in [2.24, 2.45) is 0 Å². The molecule has 2 heterocycles. The molecular weight excluding hydrogens is 247 g/mol. The molecule has 3 atom stereocenters. The summed E-state index contributed by atoms with van der Waals surface area (Å²) in [7, 11) is -1.56. The van der Waals surface area contributed by atoms with Crippen LogP contribution in [-0.2, 0) is 20.6 Å². The maximum absolute atomic E-state index is 11.4. The van der Waals surface area contributed by atoms with Gasteiger partial charge < -0.3 is 9.47 Å². The highest BCUT2D eigenvalue weighted by atomic mass is 31.1. The zero-order chi connectivity index (χ0) is 12.4. The van der Waals surface area contributed by atoms with Crippen LogP contribution in [0.2, 0.25) is 0 Å². The lowest BCUT2D eigenvalue weighted by atomic mass is 10.4. The average Bonchev–Trinajstić information content (AvgIpc) is 2.71. The highest BCUT2D eigenvalue weighted by molar-refractivity contribution is 7.44. The molecule has 2 rings (SSSR count). The van der Waals surface area contributed by atoms with Crippen molar-refractivity contribution in [1.29, 1.82) is 0 Å². The fourth-order valence-electron chi connectivity index (χ4n) is 1.53. The summed E-state index contributed by atoms with van der Waals surface area (Å²) in [6, 6.07) is 0.558. The summed E-state index contributed by atoms with van der Waals surface area (Å²) in [5, 5.41) is 0. The van der Waals surface area contributed by atoms with E-state index in [0.29, 0.717) is 0 Å². The number of aromatic amines is 1. The van der Waals surface area contributed by atoms with E-state index in [-0.39, 0.29) is 19.3 Å². The van der Waals surface area contributed by atoms with Crippen LogP contribution in [0, 0.1) is 0 Å². The highest BCUT2D eigenvalue weighted by Crippen LogP contribution is 2.30. The number of H-pyrrole nitrogens is 1. The Bertz CT molecular complexity index is 537. The van der Waals surface area contributed by atoms with E-state index >= 15 is 0 Å². The molecule has 3 unspecified atom stereocenters. The molecule has 1 fully saturated rings. The Kier molecular flexibility index (Phi) is 3.51. The Morgan fingerprint density at radius 1 is 1.59 bits per heavy atom. The second-order valence-corrected chi connectivity index (χ2v) is 5.22. The second kappa shape index (κ2) is 4.91. The summed E-state index contributed by atoms with van der Waals surface area (Å²) in [6.07, 6.45) is 1.06. The maximum Gasteiger partial charge on any atom is 0.398 e. The van der Waals surface area contributed by atoms with Gasteiger partial charge in [-0.1, -0.05) is 4.57 Å². The summed E-state index contributed by atoms with van der Waals surface area (Å²) in [5.41, 5.74) is -0.935. The highest BCUT2D eigenvalue weighted by Gasteiger charge is 2.37. The second-order valence-electron chi connectivity index (χ2n) is 3.71. The molecule has 1 aromatic rings. The molecule has 17 heavy (non-hydrogen) atoms. The quantitative estimate of drug-likeness (QED) is 0.752. The molecule has 0 aromatic carbocycles. The van der Waals surface area contributed by atoms with Gasteiger partial charge in [0.15, 0.2) is 0 Å². The first-order valence-electron chi connectivity index (χ1n) is 5.03. The summed E-state index contributed by atoms with van der Waals surface area (Å²) in [5.74, 6) is 0. The van der Waals surface area contributed by atoms with Gasteiger partial charge in [-0.15, -0.1) is 0 Å². The lowest BCUT2D eigenvalue weighted by Gasteiger charge is -2.08. The summed E-state index contributed by atoms with van der Waals surface area (Å²) >= 11 is 0. The van der Waals surface area contributed by atoms with E-state index < -0.39 is 25.1 Å². The largest absolute Gasteiger partial charge is 0.398 e. The summed E-state index contributed by atoms with van der Waals surface area (Å²) in [6.45, 7) is 2.06. The average molecular weight is 259 g/mol. The molecule has 0 bridgehead atoms. The molecule has 0 aliphatic carbocycles. The standard InChI is InChI=1S/C9H11N2O5P/c1-17(14)9-15-5-6(16-9)4-11-3-2-7(12)10-8(11)13/h2-3,6,9H,4-5H2,1H3/p+1. The number of rotatable bonds is 3. The summed E-state index contributed by atoms with van der Waals surface area (Å²) < 4.78 is 23.0. The van der Waals surface area contributed by atoms with E-state index in [1.165, 1.54) is 23.5 Å². The number of aromatic nitrogens is 2. The monoisotopic (exact) mass is 259 g/mol. The fraction of sp³-hybridized carbons (Fsp3) is 0.556. The van der Waals surface area contributed by atoms with Crippen molar-refractivity contribution in [3.05, 3.63) is 33.1 Å². The fourth-order valence-corrected chi connectivity index (χ4v) is 2.17. The van der Waals surface area contributed by atoms with Crippen LogP contribution in [0.15, 0.2) is 21.9 Å². The Morgan fingerprint density at radius 3 is 2.94 bits per heavy atom. The van der Waals surface area contributed by atoms with Gasteiger partial charge in [0, 0.05) is 12.3 Å². The first kappa shape index (κ1) is 12.2. The molecule has 0 amide bonds. The van der Waals surface area contributed by atoms with Crippen molar-refractivity contribution in [2.75, 3.05) is 13.3 Å². The third-order valence-corrected chi connectivity index (χ3v) is 3.19. The SMILES string of the molecule is C[P+](=O)C1OCC(Cn2ccc(=O)[nH]c2=O)O1. The molecule has 0 spiro atoms. The lowest BCUT2D eigenvalue weighted by molar-refractivity contribution is 0.00401. The van der Waals surface area contributed by atoms with Crippen LogP contribution in [0.4, 0.5) is 0 Å². The van der Waals surface area contributed by atoms with E-state index in [0.717, 1.165) is 0 Å². The molecule has 1 aliphatic heterocycles. The topological polar surface area (TPSA) is 90.4 Å². The van der Waals surface area contributed by atoms with Crippen molar-refractivity contribution in [1.82, 2.24) is 9.55 Å². The molecule has 8 heteroatoms. The van der Waals surface area contributed by atoms with Gasteiger partial charge in [-0.05, 0) is 0 Å². The molecule has 1 N–H and O–H groups in total. The van der Waals surface area contributed by atoms with Gasteiger partial charge in [0.1, 0.15) is 12.8 Å². The van der Waals surface area contributed by atoms with Gasteiger partial charge in [0.25, 0.3) is 5.56 Å². The zero-order valence-corrected chi connectivity index (χ0v) is 10.1. The third kappa shape index (κ3) is 2.88. The molecule has 0 saturated carbocycles. The van der Waals surface area contributed by atoms with E-state index in [1.54, 1.807) is 0 Å². The van der Waals surface area contributed by atoms with Gasteiger partial charge >= 0.3 is 19.5 Å². The van der Waals surface area contributed by atoms with Gasteiger partial charge in [0.2, 0.25) is 0 Å². The maximum atomic E-state index is 11.4. The van der Waals surface area contributed by atoms with Crippen LogP contribution in [-0.4, -0.2) is 35.0 Å². The van der Waals surface area contributed by atoms with Crippen LogP contribution >= 0.6 is 7.80 Å². The molecule has 7 nitrogen and oxygen atoms in total.